The van der Waals surface area contributed by atoms with Gasteiger partial charge < -0.3 is 14.8 Å². The van der Waals surface area contributed by atoms with Gasteiger partial charge in [0, 0.05) is 54.7 Å². The van der Waals surface area contributed by atoms with Crippen molar-refractivity contribution in [2.75, 3.05) is 33.4 Å². The van der Waals surface area contributed by atoms with E-state index in [0.29, 0.717) is 36.6 Å². The maximum Gasteiger partial charge on any atom is 0.336 e. The van der Waals surface area contributed by atoms with Crippen LogP contribution in [0.15, 0.2) is 58.4 Å². The summed E-state index contributed by atoms with van der Waals surface area (Å²) in [6, 6.07) is 5.81. The Balaban J connectivity index is 1.95. The van der Waals surface area contributed by atoms with Crippen LogP contribution >= 0.6 is 11.3 Å². The molecule has 2 aromatic rings. The first-order valence-electron chi connectivity index (χ1n) is 11.9. The summed E-state index contributed by atoms with van der Waals surface area (Å²) in [6.07, 6.45) is 1.75. The second-order valence-corrected chi connectivity index (χ2v) is 9.49. The number of aromatic nitrogens is 1. The number of hydrogen-bond acceptors (Lipinski definition) is 11. The van der Waals surface area contributed by atoms with E-state index >= 15 is 0 Å². The summed E-state index contributed by atoms with van der Waals surface area (Å²) < 4.78 is 10.6. The lowest BCUT2D eigenvalue weighted by molar-refractivity contribution is -0.384. The number of methoxy groups -OCH3 is 1. The number of rotatable bonds is 7. The molecule has 1 N–H and O–H groups in total. The van der Waals surface area contributed by atoms with Crippen molar-refractivity contribution in [3.63, 3.8) is 0 Å². The Morgan fingerprint density at radius 3 is 2.59 bits per heavy atom. The van der Waals surface area contributed by atoms with Gasteiger partial charge in [-0.1, -0.05) is 12.1 Å². The Bertz CT molecular complexity index is 1260. The standard InChI is InChI=1S/C25H29N5O6S/c1-5-36-25(32)21-16(3)29(28-11-9-26-14-19(28)23-27-10-12-37-23)15(2)20(24(31)35-4)22(21)17-7-6-8-18(13-17)30(33)34/h6-8,10,12-13,19,22,26H,5,9,11,14H2,1-4H3. The van der Waals surface area contributed by atoms with E-state index in [1.807, 2.05) is 10.4 Å². The van der Waals surface area contributed by atoms with Gasteiger partial charge in [0.25, 0.3) is 5.69 Å². The van der Waals surface area contributed by atoms with E-state index in [-0.39, 0.29) is 29.5 Å². The summed E-state index contributed by atoms with van der Waals surface area (Å²) in [5, 5.41) is 21.7. The summed E-state index contributed by atoms with van der Waals surface area (Å²) in [5.74, 6) is -2.14. The van der Waals surface area contributed by atoms with E-state index in [2.05, 4.69) is 15.3 Å². The summed E-state index contributed by atoms with van der Waals surface area (Å²) in [6.45, 7) is 7.33. The number of allylic oxidation sites excluding steroid dienone is 2. The number of hydrazine groups is 1. The number of carbonyl (C=O) groups excluding carboxylic acids is 2. The Morgan fingerprint density at radius 1 is 1.24 bits per heavy atom. The predicted octanol–water partition coefficient (Wildman–Crippen LogP) is 3.30. The van der Waals surface area contributed by atoms with Gasteiger partial charge >= 0.3 is 11.9 Å². The number of nitro benzene ring substituents is 1. The van der Waals surface area contributed by atoms with Gasteiger partial charge in [-0.05, 0) is 26.3 Å². The van der Waals surface area contributed by atoms with Gasteiger partial charge in [-0.3, -0.25) is 15.1 Å². The number of nitro groups is 1. The number of benzene rings is 1. The zero-order valence-corrected chi connectivity index (χ0v) is 21.9. The van der Waals surface area contributed by atoms with Gasteiger partial charge in [0.1, 0.15) is 5.01 Å². The minimum Gasteiger partial charge on any atom is -0.466 e. The molecule has 1 fully saturated rings. The molecule has 2 unspecified atom stereocenters. The molecule has 2 aliphatic rings. The third kappa shape index (κ3) is 4.99. The van der Waals surface area contributed by atoms with Crippen molar-refractivity contribution >= 4 is 29.0 Å². The van der Waals surface area contributed by atoms with Crippen molar-refractivity contribution in [2.45, 2.75) is 32.7 Å². The normalized spacial score (nSPS) is 20.7. The molecule has 0 bridgehead atoms. The van der Waals surface area contributed by atoms with Crippen LogP contribution < -0.4 is 5.32 Å². The highest BCUT2D eigenvalue weighted by Crippen LogP contribution is 2.45. The molecule has 0 amide bonds. The average Bonchev–Trinajstić information content (AvgIpc) is 3.43. The highest BCUT2D eigenvalue weighted by Gasteiger charge is 2.44. The fourth-order valence-corrected chi connectivity index (χ4v) is 5.72. The van der Waals surface area contributed by atoms with Gasteiger partial charge in [-0.25, -0.2) is 19.6 Å². The predicted molar refractivity (Wildman–Crippen MR) is 136 cm³/mol. The van der Waals surface area contributed by atoms with Gasteiger partial charge in [0.05, 0.1) is 41.7 Å². The van der Waals surface area contributed by atoms with Crippen molar-refractivity contribution in [3.8, 4) is 0 Å². The maximum atomic E-state index is 13.5. The highest BCUT2D eigenvalue weighted by atomic mass is 32.1. The van der Waals surface area contributed by atoms with Gasteiger partial charge in [-0.15, -0.1) is 11.3 Å². The third-order valence-electron chi connectivity index (χ3n) is 6.52. The Hall–Kier alpha value is -3.61. The van der Waals surface area contributed by atoms with Crippen LogP contribution in [0.3, 0.4) is 0 Å². The van der Waals surface area contributed by atoms with Crippen molar-refractivity contribution in [2.24, 2.45) is 0 Å². The summed E-state index contributed by atoms with van der Waals surface area (Å²) in [7, 11) is 1.27. The summed E-state index contributed by atoms with van der Waals surface area (Å²) >= 11 is 1.53. The van der Waals surface area contributed by atoms with Crippen LogP contribution in [0.25, 0.3) is 0 Å². The van der Waals surface area contributed by atoms with Crippen LogP contribution in [0.4, 0.5) is 5.69 Å². The van der Waals surface area contributed by atoms with E-state index in [1.165, 1.54) is 36.6 Å². The number of non-ortho nitro benzene ring substituents is 1. The monoisotopic (exact) mass is 527 g/mol. The SMILES string of the molecule is CCOC(=O)C1=C(C)N(N2CCNCC2c2nccs2)C(C)=C(C(=O)OC)C1c1cccc([N+](=O)[O-])c1. The van der Waals surface area contributed by atoms with Gasteiger partial charge in [0.15, 0.2) is 0 Å². The van der Waals surface area contributed by atoms with Crippen molar-refractivity contribution < 1.29 is 24.0 Å². The minimum atomic E-state index is -0.913. The number of carbonyl (C=O) groups is 2. The lowest BCUT2D eigenvalue weighted by atomic mass is 9.80. The first-order valence-corrected chi connectivity index (χ1v) is 12.8. The molecule has 12 heteroatoms. The third-order valence-corrected chi connectivity index (χ3v) is 7.39. The average molecular weight is 528 g/mol. The van der Waals surface area contributed by atoms with E-state index in [4.69, 9.17) is 9.47 Å². The fraction of sp³-hybridized carbons (Fsp3) is 0.400. The van der Waals surface area contributed by atoms with Crippen LogP contribution in [0.5, 0.6) is 0 Å². The molecule has 3 heterocycles. The molecule has 196 valence electrons. The number of hydrogen-bond donors (Lipinski definition) is 1. The molecule has 2 aliphatic heterocycles. The molecular formula is C25H29N5O6S. The van der Waals surface area contributed by atoms with Crippen LogP contribution in [-0.2, 0) is 19.1 Å². The largest absolute Gasteiger partial charge is 0.466 e. The van der Waals surface area contributed by atoms with E-state index < -0.39 is 22.8 Å². The van der Waals surface area contributed by atoms with Crippen LogP contribution in [0.1, 0.15) is 43.3 Å². The molecule has 1 aromatic heterocycles. The number of piperazine rings is 1. The zero-order valence-electron chi connectivity index (χ0n) is 21.1. The van der Waals surface area contributed by atoms with E-state index in [9.17, 15) is 19.7 Å². The summed E-state index contributed by atoms with van der Waals surface area (Å²) in [5.41, 5.74) is 1.86. The molecule has 0 aliphatic carbocycles. The zero-order chi connectivity index (χ0) is 26.7. The topological polar surface area (TPSA) is 127 Å². The van der Waals surface area contributed by atoms with Crippen LogP contribution in [0.2, 0.25) is 0 Å². The molecule has 1 aromatic carbocycles. The first kappa shape index (κ1) is 26.5. The van der Waals surface area contributed by atoms with Crippen molar-refractivity contribution in [1.29, 1.82) is 0 Å². The molecule has 11 nitrogen and oxygen atoms in total. The van der Waals surface area contributed by atoms with Gasteiger partial charge in [0.2, 0.25) is 0 Å². The minimum absolute atomic E-state index is 0.128. The maximum absolute atomic E-state index is 13.5. The van der Waals surface area contributed by atoms with Crippen LogP contribution in [0, 0.1) is 10.1 Å². The second kappa shape index (κ2) is 11.2. The van der Waals surface area contributed by atoms with Gasteiger partial charge in [-0.2, -0.15) is 0 Å². The molecule has 2 atom stereocenters. The molecule has 0 spiro atoms. The lowest BCUT2D eigenvalue weighted by Crippen LogP contribution is -2.54. The van der Waals surface area contributed by atoms with Crippen molar-refractivity contribution in [1.82, 2.24) is 20.3 Å². The molecule has 0 saturated carbocycles. The first-order chi connectivity index (χ1) is 17.8. The number of nitrogens with one attached hydrogen (secondary N) is 1. The summed E-state index contributed by atoms with van der Waals surface area (Å²) in [4.78, 5) is 42.3. The second-order valence-electron chi connectivity index (χ2n) is 8.56. The molecule has 1 saturated heterocycles. The number of ether oxygens (including phenoxy) is 2. The number of thiazole rings is 1. The lowest BCUT2D eigenvalue weighted by Gasteiger charge is -2.48. The Labute approximate surface area is 218 Å². The van der Waals surface area contributed by atoms with E-state index in [0.717, 1.165) is 5.01 Å². The Morgan fingerprint density at radius 2 is 1.97 bits per heavy atom. The number of nitrogens with zero attached hydrogens (tertiary/aromatic N) is 4. The van der Waals surface area contributed by atoms with Crippen LogP contribution in [-0.4, -0.2) is 65.2 Å². The molecule has 4 rings (SSSR count). The Kier molecular flexibility index (Phi) is 8.00. The molecular weight excluding hydrogens is 498 g/mol. The molecule has 0 radical (unpaired) electrons. The van der Waals surface area contributed by atoms with Crippen molar-refractivity contribution in [3.05, 3.63) is 79.1 Å². The number of esters is 2. The smallest absolute Gasteiger partial charge is 0.336 e. The fourth-order valence-electron chi connectivity index (χ4n) is 4.98. The van der Waals surface area contributed by atoms with E-state index in [1.54, 1.807) is 33.0 Å². The quantitative estimate of drug-likeness (QED) is 0.325. The highest BCUT2D eigenvalue weighted by molar-refractivity contribution is 7.09. The molecule has 37 heavy (non-hydrogen) atoms.